The average molecular weight is 383 g/mol. The van der Waals surface area contributed by atoms with Crippen LogP contribution in [0.3, 0.4) is 0 Å². The highest BCUT2D eigenvalue weighted by Gasteiger charge is 2.04. The van der Waals surface area contributed by atoms with Gasteiger partial charge < -0.3 is 0 Å². The normalized spacial score (nSPS) is 10.2. The molecule has 0 aliphatic heterocycles. The fraction of sp³-hybridized carbons (Fsp3) is 0.143. The van der Waals surface area contributed by atoms with Gasteiger partial charge in [-0.3, -0.25) is 0 Å². The minimum Gasteiger partial charge on any atom is -0.206 e. The largest absolute Gasteiger partial charge is 0.206 e. The second kappa shape index (κ2) is 9.34. The molecule has 4 aromatic carbocycles. The first-order valence-electron chi connectivity index (χ1n) is 9.89. The average Bonchev–Trinajstić information content (AvgIpc) is 2.71. The molecule has 0 aliphatic carbocycles. The van der Waals surface area contributed by atoms with E-state index in [1.165, 1.54) is 27.8 Å². The molecule has 0 spiro atoms. The van der Waals surface area contributed by atoms with E-state index in [0.717, 1.165) is 11.1 Å². The SMILES string of the molecule is Cc1ccc(-c2ccc(C)cc2)cc1.Cc1ccc(-c2ccc(C)cc2F)cc1. The Balaban J connectivity index is 0.000000166. The third-order valence-electron chi connectivity index (χ3n) is 4.92. The molecule has 29 heavy (non-hydrogen) atoms. The van der Waals surface area contributed by atoms with Crippen molar-refractivity contribution in [3.8, 4) is 22.3 Å². The molecular weight excluding hydrogens is 355 g/mol. The summed E-state index contributed by atoms with van der Waals surface area (Å²) < 4.78 is 13.6. The summed E-state index contributed by atoms with van der Waals surface area (Å²) >= 11 is 0. The van der Waals surface area contributed by atoms with E-state index in [1.54, 1.807) is 6.07 Å². The molecule has 1 heteroatoms. The second-order valence-electron chi connectivity index (χ2n) is 7.58. The Morgan fingerprint density at radius 3 is 1.14 bits per heavy atom. The molecule has 0 fully saturated rings. The van der Waals surface area contributed by atoms with Gasteiger partial charge in [0.25, 0.3) is 0 Å². The molecule has 0 aliphatic rings. The molecule has 4 rings (SSSR count). The van der Waals surface area contributed by atoms with Crippen LogP contribution < -0.4 is 0 Å². The zero-order chi connectivity index (χ0) is 20.8. The Morgan fingerprint density at radius 2 is 0.759 bits per heavy atom. The van der Waals surface area contributed by atoms with Gasteiger partial charge in [0, 0.05) is 5.56 Å². The van der Waals surface area contributed by atoms with Gasteiger partial charge in [-0.25, -0.2) is 4.39 Å². The maximum atomic E-state index is 13.6. The first-order valence-corrected chi connectivity index (χ1v) is 9.89. The van der Waals surface area contributed by atoms with Crippen LogP contribution >= 0.6 is 0 Å². The topological polar surface area (TPSA) is 0 Å². The highest BCUT2D eigenvalue weighted by atomic mass is 19.1. The van der Waals surface area contributed by atoms with E-state index in [4.69, 9.17) is 0 Å². The van der Waals surface area contributed by atoms with Crippen LogP contribution in [0.2, 0.25) is 0 Å². The van der Waals surface area contributed by atoms with Crippen molar-refractivity contribution < 1.29 is 4.39 Å². The van der Waals surface area contributed by atoms with Crippen LogP contribution in [-0.2, 0) is 0 Å². The number of rotatable bonds is 2. The lowest BCUT2D eigenvalue weighted by Gasteiger charge is -2.04. The van der Waals surface area contributed by atoms with Crippen molar-refractivity contribution in [3.63, 3.8) is 0 Å². The van der Waals surface area contributed by atoms with Crippen LogP contribution in [0.15, 0.2) is 91.0 Å². The maximum Gasteiger partial charge on any atom is 0.131 e. The van der Waals surface area contributed by atoms with Crippen molar-refractivity contribution in [1.82, 2.24) is 0 Å². The van der Waals surface area contributed by atoms with Crippen molar-refractivity contribution in [3.05, 3.63) is 119 Å². The van der Waals surface area contributed by atoms with E-state index in [1.807, 2.05) is 50.2 Å². The summed E-state index contributed by atoms with van der Waals surface area (Å²) in [7, 11) is 0. The third kappa shape index (κ3) is 5.65. The molecule has 0 radical (unpaired) electrons. The molecule has 0 atom stereocenters. The molecule has 4 aromatic rings. The zero-order valence-corrected chi connectivity index (χ0v) is 17.5. The first-order chi connectivity index (χ1) is 13.9. The smallest absolute Gasteiger partial charge is 0.131 e. The highest BCUT2D eigenvalue weighted by Crippen LogP contribution is 2.23. The summed E-state index contributed by atoms with van der Waals surface area (Å²) in [4.78, 5) is 0. The minimum absolute atomic E-state index is 0.154. The summed E-state index contributed by atoms with van der Waals surface area (Å²) in [5, 5.41) is 0. The molecule has 0 aromatic heterocycles. The number of benzene rings is 4. The van der Waals surface area contributed by atoms with E-state index in [9.17, 15) is 4.39 Å². The van der Waals surface area contributed by atoms with Crippen LogP contribution in [0, 0.1) is 33.5 Å². The fourth-order valence-electron chi connectivity index (χ4n) is 3.08. The molecule has 0 nitrogen and oxygen atoms in total. The lowest BCUT2D eigenvalue weighted by molar-refractivity contribution is 0.630. The third-order valence-corrected chi connectivity index (χ3v) is 4.92. The molecule has 0 saturated heterocycles. The van der Waals surface area contributed by atoms with Crippen molar-refractivity contribution in [2.45, 2.75) is 27.7 Å². The van der Waals surface area contributed by atoms with Gasteiger partial charge in [-0.05, 0) is 56.0 Å². The highest BCUT2D eigenvalue weighted by molar-refractivity contribution is 5.65. The van der Waals surface area contributed by atoms with Gasteiger partial charge in [0.1, 0.15) is 5.82 Å². The van der Waals surface area contributed by atoms with E-state index in [-0.39, 0.29) is 5.82 Å². The number of aryl methyl sites for hydroxylation is 4. The summed E-state index contributed by atoms with van der Waals surface area (Å²) in [6, 6.07) is 30.5. The Hall–Kier alpha value is -3.19. The first kappa shape index (κ1) is 20.5. The van der Waals surface area contributed by atoms with Crippen molar-refractivity contribution in [2.24, 2.45) is 0 Å². The van der Waals surface area contributed by atoms with Crippen molar-refractivity contribution in [2.75, 3.05) is 0 Å². The van der Waals surface area contributed by atoms with Gasteiger partial charge in [0.05, 0.1) is 0 Å². The summed E-state index contributed by atoms with van der Waals surface area (Å²) in [6.07, 6.45) is 0. The van der Waals surface area contributed by atoms with E-state index < -0.39 is 0 Å². The zero-order valence-electron chi connectivity index (χ0n) is 17.5. The molecule has 0 amide bonds. The number of hydrogen-bond donors (Lipinski definition) is 0. The minimum atomic E-state index is -0.154. The van der Waals surface area contributed by atoms with Gasteiger partial charge in [0.15, 0.2) is 0 Å². The summed E-state index contributed by atoms with van der Waals surface area (Å²) in [5.74, 6) is -0.154. The van der Waals surface area contributed by atoms with E-state index in [2.05, 4.69) is 62.4 Å². The molecule has 0 unspecified atom stereocenters. The summed E-state index contributed by atoms with van der Waals surface area (Å²) in [5.41, 5.74) is 8.92. The molecule has 0 bridgehead atoms. The second-order valence-corrected chi connectivity index (χ2v) is 7.58. The van der Waals surface area contributed by atoms with Crippen LogP contribution in [0.1, 0.15) is 22.3 Å². The fourth-order valence-corrected chi connectivity index (χ4v) is 3.08. The number of hydrogen-bond acceptors (Lipinski definition) is 0. The quantitative estimate of drug-likeness (QED) is 0.329. The Labute approximate surface area is 173 Å². The van der Waals surface area contributed by atoms with E-state index >= 15 is 0 Å². The lowest BCUT2D eigenvalue weighted by Crippen LogP contribution is -1.85. The number of halogens is 1. The molecule has 0 heterocycles. The van der Waals surface area contributed by atoms with Crippen LogP contribution in [0.25, 0.3) is 22.3 Å². The van der Waals surface area contributed by atoms with Crippen molar-refractivity contribution >= 4 is 0 Å². The summed E-state index contributed by atoms with van der Waals surface area (Å²) in [6.45, 7) is 8.13. The maximum absolute atomic E-state index is 13.6. The predicted octanol–water partition coefficient (Wildman–Crippen LogP) is 8.08. The standard InChI is InChI=1S/C14H13F.C14H14/c1-10-3-6-12(7-4-10)13-8-5-11(2)9-14(13)15;1-11-3-7-13(8-4-11)14-9-5-12(2)6-10-14/h3-9H,1-2H3;3-10H,1-2H3. The Morgan fingerprint density at radius 1 is 0.414 bits per heavy atom. The van der Waals surface area contributed by atoms with Gasteiger partial charge >= 0.3 is 0 Å². The molecule has 0 saturated carbocycles. The van der Waals surface area contributed by atoms with Crippen LogP contribution in [0.5, 0.6) is 0 Å². The van der Waals surface area contributed by atoms with E-state index in [0.29, 0.717) is 5.56 Å². The van der Waals surface area contributed by atoms with Gasteiger partial charge in [0.2, 0.25) is 0 Å². The predicted molar refractivity (Wildman–Crippen MR) is 123 cm³/mol. The van der Waals surface area contributed by atoms with Gasteiger partial charge in [-0.15, -0.1) is 0 Å². The molecule has 0 N–H and O–H groups in total. The van der Waals surface area contributed by atoms with Crippen LogP contribution in [-0.4, -0.2) is 0 Å². The van der Waals surface area contributed by atoms with Gasteiger partial charge in [-0.2, -0.15) is 0 Å². The monoisotopic (exact) mass is 382 g/mol. The van der Waals surface area contributed by atoms with Crippen LogP contribution in [0.4, 0.5) is 4.39 Å². The Bertz CT molecular complexity index is 1010. The van der Waals surface area contributed by atoms with Crippen molar-refractivity contribution in [1.29, 1.82) is 0 Å². The van der Waals surface area contributed by atoms with Gasteiger partial charge in [-0.1, -0.05) is 102 Å². The Kier molecular flexibility index (Phi) is 6.61. The lowest BCUT2D eigenvalue weighted by atomic mass is 10.0. The molecule has 146 valence electrons. The molecular formula is C28H27F.